The fourth-order valence-corrected chi connectivity index (χ4v) is 4.77. The zero-order valence-electron chi connectivity index (χ0n) is 19.7. The van der Waals surface area contributed by atoms with Crippen LogP contribution in [-0.2, 0) is 12.8 Å². The summed E-state index contributed by atoms with van der Waals surface area (Å²) in [4.78, 5) is 17.1. The molecule has 0 unspecified atom stereocenters. The SMILES string of the molecule is CC(C)c1cnn2c(N[C@H]3CCc4[nH]c(-c5ccccc5)cc4C3)nc(-c3cncc(F)c3)nc12. The molecule has 1 aromatic carbocycles. The summed E-state index contributed by atoms with van der Waals surface area (Å²) in [5, 5.41) is 8.19. The van der Waals surface area contributed by atoms with Crippen molar-refractivity contribution in [1.82, 2.24) is 29.5 Å². The maximum Gasteiger partial charge on any atom is 0.228 e. The van der Waals surface area contributed by atoms with Crippen molar-refractivity contribution >= 4 is 11.6 Å². The molecule has 35 heavy (non-hydrogen) atoms. The number of halogens is 1. The molecule has 1 atom stereocenters. The number of benzene rings is 1. The third kappa shape index (κ3) is 4.05. The average Bonchev–Trinajstić information content (AvgIpc) is 3.49. The first-order valence-corrected chi connectivity index (χ1v) is 11.9. The molecule has 0 fully saturated rings. The fraction of sp³-hybridized carbons (Fsp3) is 0.259. The van der Waals surface area contributed by atoms with Crippen molar-refractivity contribution in [3.63, 3.8) is 0 Å². The fourth-order valence-electron chi connectivity index (χ4n) is 4.77. The zero-order chi connectivity index (χ0) is 23.9. The Hall–Kier alpha value is -4.07. The summed E-state index contributed by atoms with van der Waals surface area (Å²) in [5.74, 6) is 0.856. The Balaban J connectivity index is 1.34. The van der Waals surface area contributed by atoms with Crippen LogP contribution in [0.2, 0.25) is 0 Å². The van der Waals surface area contributed by atoms with Gasteiger partial charge in [-0.3, -0.25) is 4.98 Å². The Morgan fingerprint density at radius 1 is 1.06 bits per heavy atom. The van der Waals surface area contributed by atoms with Gasteiger partial charge in [0, 0.05) is 34.8 Å². The first kappa shape index (κ1) is 21.5. The number of hydrogen-bond donors (Lipinski definition) is 2. The molecule has 5 aromatic rings. The number of fused-ring (bicyclic) bond motifs is 2. The maximum absolute atomic E-state index is 13.9. The smallest absolute Gasteiger partial charge is 0.228 e. The number of hydrogen-bond acceptors (Lipinski definition) is 5. The van der Waals surface area contributed by atoms with Crippen LogP contribution in [-0.4, -0.2) is 35.6 Å². The minimum atomic E-state index is -0.417. The molecule has 1 aliphatic rings. The van der Waals surface area contributed by atoms with Gasteiger partial charge in [-0.15, -0.1) is 0 Å². The van der Waals surface area contributed by atoms with Crippen molar-refractivity contribution in [1.29, 1.82) is 0 Å². The number of aromatic nitrogens is 6. The van der Waals surface area contributed by atoms with Crippen LogP contribution in [0, 0.1) is 5.82 Å². The lowest BCUT2D eigenvalue weighted by molar-refractivity contribution is 0.597. The van der Waals surface area contributed by atoms with Gasteiger partial charge in [-0.05, 0) is 48.4 Å². The van der Waals surface area contributed by atoms with Crippen molar-refractivity contribution in [3.8, 4) is 22.6 Å². The Morgan fingerprint density at radius 3 is 2.71 bits per heavy atom. The van der Waals surface area contributed by atoms with Gasteiger partial charge in [0.05, 0.1) is 12.4 Å². The highest BCUT2D eigenvalue weighted by Crippen LogP contribution is 2.30. The summed E-state index contributed by atoms with van der Waals surface area (Å²) in [6, 6.07) is 14.2. The number of anilines is 1. The van der Waals surface area contributed by atoms with E-state index >= 15 is 0 Å². The summed E-state index contributed by atoms with van der Waals surface area (Å²) in [5.41, 5.74) is 7.23. The van der Waals surface area contributed by atoms with Crippen LogP contribution < -0.4 is 5.32 Å². The van der Waals surface area contributed by atoms with E-state index in [2.05, 4.69) is 64.6 Å². The van der Waals surface area contributed by atoms with Crippen LogP contribution in [0.4, 0.5) is 10.3 Å². The van der Waals surface area contributed by atoms with Crippen molar-refractivity contribution in [2.75, 3.05) is 5.32 Å². The third-order valence-corrected chi connectivity index (χ3v) is 6.60. The highest BCUT2D eigenvalue weighted by molar-refractivity contribution is 5.63. The lowest BCUT2D eigenvalue weighted by Crippen LogP contribution is -2.28. The molecule has 0 radical (unpaired) electrons. The predicted octanol–water partition coefficient (Wildman–Crippen LogP) is 5.41. The number of rotatable bonds is 5. The van der Waals surface area contributed by atoms with E-state index in [9.17, 15) is 4.39 Å². The first-order chi connectivity index (χ1) is 17.0. The van der Waals surface area contributed by atoms with Crippen LogP contribution in [0.15, 0.2) is 61.1 Å². The van der Waals surface area contributed by atoms with E-state index in [1.54, 1.807) is 10.7 Å². The standard InChI is InChI=1S/C27H26FN7/c1-16(2)22-15-30-35-26(22)33-25(19-10-20(28)14-29-13-19)34-27(35)31-21-8-9-23-18(11-21)12-24(32-23)17-6-4-3-5-7-17/h3-7,10,12-16,21,32H,8-9,11H2,1-2H3,(H,31,33,34)/t21-/m0/s1. The van der Waals surface area contributed by atoms with Crippen LogP contribution in [0.3, 0.4) is 0 Å². The van der Waals surface area contributed by atoms with Gasteiger partial charge in [-0.2, -0.15) is 14.6 Å². The normalized spacial score (nSPS) is 15.5. The molecule has 0 saturated carbocycles. The van der Waals surface area contributed by atoms with Crippen LogP contribution in [0.5, 0.6) is 0 Å². The maximum atomic E-state index is 13.9. The van der Waals surface area contributed by atoms with Crippen LogP contribution >= 0.6 is 0 Å². The molecule has 2 N–H and O–H groups in total. The molecule has 0 aliphatic heterocycles. The molecule has 0 amide bonds. The number of H-pyrrole nitrogens is 1. The monoisotopic (exact) mass is 467 g/mol. The summed E-state index contributed by atoms with van der Waals surface area (Å²) in [6.07, 6.45) is 7.39. The van der Waals surface area contributed by atoms with E-state index in [0.29, 0.717) is 17.3 Å². The van der Waals surface area contributed by atoms with Crippen LogP contribution in [0.1, 0.15) is 43.0 Å². The third-order valence-electron chi connectivity index (χ3n) is 6.60. The lowest BCUT2D eigenvalue weighted by Gasteiger charge is -2.24. The number of aryl methyl sites for hydroxylation is 1. The zero-order valence-corrected chi connectivity index (χ0v) is 19.7. The second kappa shape index (κ2) is 8.61. The van der Waals surface area contributed by atoms with E-state index < -0.39 is 5.82 Å². The first-order valence-electron chi connectivity index (χ1n) is 11.9. The van der Waals surface area contributed by atoms with Crippen molar-refractivity contribution in [2.24, 2.45) is 0 Å². The van der Waals surface area contributed by atoms with Gasteiger partial charge in [0.25, 0.3) is 0 Å². The summed E-state index contributed by atoms with van der Waals surface area (Å²) >= 11 is 0. The van der Waals surface area contributed by atoms with Gasteiger partial charge in [0.1, 0.15) is 5.82 Å². The molecule has 0 spiro atoms. The quantitative estimate of drug-likeness (QED) is 0.361. The molecule has 0 bridgehead atoms. The number of nitrogens with zero attached hydrogens (tertiary/aromatic N) is 5. The van der Waals surface area contributed by atoms with Crippen LogP contribution in [0.25, 0.3) is 28.3 Å². The Morgan fingerprint density at radius 2 is 1.91 bits per heavy atom. The molecule has 6 rings (SSSR count). The average molecular weight is 468 g/mol. The highest BCUT2D eigenvalue weighted by Gasteiger charge is 2.24. The molecule has 176 valence electrons. The van der Waals surface area contributed by atoms with Crippen molar-refractivity contribution in [2.45, 2.75) is 45.1 Å². The summed E-state index contributed by atoms with van der Waals surface area (Å²) < 4.78 is 15.7. The molecule has 4 aromatic heterocycles. The molecule has 7 nitrogen and oxygen atoms in total. The molecule has 0 saturated heterocycles. The number of aromatic amines is 1. The van der Waals surface area contributed by atoms with E-state index in [0.717, 1.165) is 36.2 Å². The molecular weight excluding hydrogens is 441 g/mol. The van der Waals surface area contributed by atoms with Crippen molar-refractivity contribution in [3.05, 3.63) is 83.7 Å². The van der Waals surface area contributed by atoms with Gasteiger partial charge in [0.2, 0.25) is 5.95 Å². The Bertz CT molecular complexity index is 1500. The molecule has 8 heteroatoms. The number of nitrogens with one attached hydrogen (secondary N) is 2. The second-order valence-corrected chi connectivity index (χ2v) is 9.39. The minimum absolute atomic E-state index is 0.185. The molecule has 4 heterocycles. The Labute approximate surface area is 202 Å². The van der Waals surface area contributed by atoms with Gasteiger partial charge >= 0.3 is 0 Å². The van der Waals surface area contributed by atoms with Gasteiger partial charge in [-0.25, -0.2) is 9.37 Å². The van der Waals surface area contributed by atoms with E-state index in [4.69, 9.17) is 9.97 Å². The second-order valence-electron chi connectivity index (χ2n) is 9.39. The van der Waals surface area contributed by atoms with Gasteiger partial charge in [0.15, 0.2) is 11.5 Å². The Kier molecular flexibility index (Phi) is 5.28. The molecular formula is C27H26FN7. The van der Waals surface area contributed by atoms with E-state index in [1.165, 1.54) is 29.1 Å². The topological polar surface area (TPSA) is 83.8 Å². The lowest BCUT2D eigenvalue weighted by atomic mass is 9.93. The van der Waals surface area contributed by atoms with E-state index in [-0.39, 0.29) is 12.0 Å². The summed E-state index contributed by atoms with van der Waals surface area (Å²) in [6.45, 7) is 4.21. The van der Waals surface area contributed by atoms with Gasteiger partial charge in [-0.1, -0.05) is 44.2 Å². The summed E-state index contributed by atoms with van der Waals surface area (Å²) in [7, 11) is 0. The largest absolute Gasteiger partial charge is 0.358 e. The van der Waals surface area contributed by atoms with E-state index in [1.807, 2.05) is 12.3 Å². The number of pyridine rings is 1. The minimum Gasteiger partial charge on any atom is -0.358 e. The molecule has 1 aliphatic carbocycles. The highest BCUT2D eigenvalue weighted by atomic mass is 19.1. The van der Waals surface area contributed by atoms with Crippen molar-refractivity contribution < 1.29 is 4.39 Å². The van der Waals surface area contributed by atoms with Gasteiger partial charge < -0.3 is 10.3 Å². The predicted molar refractivity (Wildman–Crippen MR) is 134 cm³/mol.